The molecule has 0 aromatic carbocycles. The second kappa shape index (κ2) is 8.32. The zero-order chi connectivity index (χ0) is 19.5. The summed E-state index contributed by atoms with van der Waals surface area (Å²) in [5.74, 6) is 0.870. The van der Waals surface area contributed by atoms with Crippen LogP contribution in [0.4, 0.5) is 4.79 Å². The van der Waals surface area contributed by atoms with Crippen molar-refractivity contribution in [1.29, 1.82) is 0 Å². The number of fused-ring (bicyclic) bond motifs is 1. The lowest BCUT2D eigenvalue weighted by Gasteiger charge is -2.20. The largest absolute Gasteiger partial charge is 0.483 e. The van der Waals surface area contributed by atoms with Crippen molar-refractivity contribution in [1.82, 2.24) is 20.5 Å². The van der Waals surface area contributed by atoms with Crippen LogP contribution >= 0.6 is 0 Å². The van der Waals surface area contributed by atoms with E-state index in [0.717, 1.165) is 18.7 Å². The van der Waals surface area contributed by atoms with Crippen LogP contribution in [0.3, 0.4) is 0 Å². The van der Waals surface area contributed by atoms with Crippen molar-refractivity contribution in [2.24, 2.45) is 0 Å². The van der Waals surface area contributed by atoms with Gasteiger partial charge in [-0.2, -0.15) is 0 Å². The molecule has 0 bridgehead atoms. The van der Waals surface area contributed by atoms with Gasteiger partial charge in [-0.05, 0) is 25.5 Å². The molecular formula is C19H26N4O5. The molecule has 3 aliphatic rings. The van der Waals surface area contributed by atoms with Crippen molar-refractivity contribution in [2.75, 3.05) is 32.8 Å². The van der Waals surface area contributed by atoms with Gasteiger partial charge in [0.1, 0.15) is 18.0 Å². The summed E-state index contributed by atoms with van der Waals surface area (Å²) >= 11 is 0. The van der Waals surface area contributed by atoms with Gasteiger partial charge in [-0.15, -0.1) is 0 Å². The maximum atomic E-state index is 12.2. The highest BCUT2D eigenvalue weighted by molar-refractivity contribution is 5.78. The standard InChI is InChI=1S/C19H26N4O5/c1-12-14(4-2-6-20-12)28-15-11-27-17-13(10-26-18(15)17)22-19(25)21-7-9-23-8-3-5-16(23)24/h2,4,6,13,15,17-18H,3,5,7-11H2,1H3,(H2,21,22,25)/t13-,15-,17+,18+/m0/s1. The number of likely N-dealkylation sites (tertiary alicyclic amines) is 1. The monoisotopic (exact) mass is 390 g/mol. The maximum Gasteiger partial charge on any atom is 0.315 e. The summed E-state index contributed by atoms with van der Waals surface area (Å²) in [5, 5.41) is 5.71. The van der Waals surface area contributed by atoms with Gasteiger partial charge in [-0.25, -0.2) is 4.79 Å². The molecule has 1 aromatic heterocycles. The average molecular weight is 390 g/mol. The smallest absolute Gasteiger partial charge is 0.315 e. The SMILES string of the molecule is Cc1ncccc1O[C@H]1CO[C@H]2[C@@H]1OC[C@@H]2NC(=O)NCCN1CCCC1=O. The van der Waals surface area contributed by atoms with Crippen LogP contribution in [0.15, 0.2) is 18.3 Å². The quantitative estimate of drug-likeness (QED) is 0.721. The molecule has 28 heavy (non-hydrogen) atoms. The molecule has 0 spiro atoms. The molecule has 3 amide bonds. The van der Waals surface area contributed by atoms with E-state index in [1.807, 2.05) is 19.1 Å². The van der Waals surface area contributed by atoms with Crippen molar-refractivity contribution in [2.45, 2.75) is 44.1 Å². The summed E-state index contributed by atoms with van der Waals surface area (Å²) in [5.41, 5.74) is 0.814. The number of carbonyl (C=O) groups is 2. The molecule has 0 radical (unpaired) electrons. The molecule has 3 fully saturated rings. The molecule has 4 atom stereocenters. The van der Waals surface area contributed by atoms with E-state index >= 15 is 0 Å². The second-order valence-electron chi connectivity index (χ2n) is 7.33. The average Bonchev–Trinajstić information content (AvgIpc) is 3.37. The lowest BCUT2D eigenvalue weighted by molar-refractivity contribution is -0.127. The van der Waals surface area contributed by atoms with Crippen LogP contribution in [-0.2, 0) is 14.3 Å². The minimum absolute atomic E-state index is 0.156. The van der Waals surface area contributed by atoms with Crippen LogP contribution in [0.1, 0.15) is 18.5 Å². The molecule has 9 heteroatoms. The van der Waals surface area contributed by atoms with Crippen LogP contribution in [0.2, 0.25) is 0 Å². The van der Waals surface area contributed by atoms with Gasteiger partial charge in [0.15, 0.2) is 6.10 Å². The lowest BCUT2D eigenvalue weighted by Crippen LogP contribution is -2.49. The third-order valence-corrected chi connectivity index (χ3v) is 5.40. The predicted octanol–water partition coefficient (Wildman–Crippen LogP) is 0.225. The Labute approximate surface area is 163 Å². The number of rotatable bonds is 6. The molecular weight excluding hydrogens is 364 g/mol. The van der Waals surface area contributed by atoms with Gasteiger partial charge in [0.2, 0.25) is 5.91 Å². The first-order valence-electron chi connectivity index (χ1n) is 9.75. The van der Waals surface area contributed by atoms with Gasteiger partial charge in [0, 0.05) is 32.3 Å². The van der Waals surface area contributed by atoms with Gasteiger partial charge < -0.3 is 29.7 Å². The van der Waals surface area contributed by atoms with Crippen molar-refractivity contribution in [3.63, 3.8) is 0 Å². The molecule has 3 aliphatic heterocycles. The number of urea groups is 1. The van der Waals surface area contributed by atoms with Crippen LogP contribution in [0.5, 0.6) is 5.75 Å². The first kappa shape index (κ1) is 18.9. The molecule has 4 rings (SSSR count). The second-order valence-corrected chi connectivity index (χ2v) is 7.33. The van der Waals surface area contributed by atoms with E-state index < -0.39 is 0 Å². The van der Waals surface area contributed by atoms with Crippen LogP contribution in [0, 0.1) is 6.92 Å². The number of nitrogens with one attached hydrogen (secondary N) is 2. The molecule has 0 saturated carbocycles. The van der Waals surface area contributed by atoms with Crippen molar-refractivity contribution in [3.8, 4) is 5.75 Å². The number of nitrogens with zero attached hydrogens (tertiary/aromatic N) is 2. The zero-order valence-corrected chi connectivity index (χ0v) is 15.9. The predicted molar refractivity (Wildman–Crippen MR) is 99.0 cm³/mol. The highest BCUT2D eigenvalue weighted by atomic mass is 16.6. The summed E-state index contributed by atoms with van der Waals surface area (Å²) < 4.78 is 17.7. The number of hydrogen-bond donors (Lipinski definition) is 2. The van der Waals surface area contributed by atoms with E-state index in [9.17, 15) is 9.59 Å². The molecule has 1 aromatic rings. The highest BCUT2D eigenvalue weighted by Crippen LogP contribution is 2.30. The number of aromatic nitrogens is 1. The topological polar surface area (TPSA) is 102 Å². The summed E-state index contributed by atoms with van der Waals surface area (Å²) in [7, 11) is 0. The lowest BCUT2D eigenvalue weighted by atomic mass is 10.1. The summed E-state index contributed by atoms with van der Waals surface area (Å²) in [6, 6.07) is 3.19. The first-order valence-corrected chi connectivity index (χ1v) is 9.75. The van der Waals surface area contributed by atoms with E-state index in [4.69, 9.17) is 14.2 Å². The maximum absolute atomic E-state index is 12.2. The van der Waals surface area contributed by atoms with Gasteiger partial charge in [-0.1, -0.05) is 0 Å². The molecule has 0 aliphatic carbocycles. The summed E-state index contributed by atoms with van der Waals surface area (Å²) in [6.07, 6.45) is 2.52. The Morgan fingerprint density at radius 3 is 3.00 bits per heavy atom. The molecule has 152 valence electrons. The summed E-state index contributed by atoms with van der Waals surface area (Å²) in [6.45, 7) is 4.40. The fourth-order valence-electron chi connectivity index (χ4n) is 3.91. The van der Waals surface area contributed by atoms with E-state index in [0.29, 0.717) is 38.5 Å². The Morgan fingerprint density at radius 1 is 1.36 bits per heavy atom. The van der Waals surface area contributed by atoms with Crippen molar-refractivity contribution >= 4 is 11.9 Å². The number of ether oxygens (including phenoxy) is 3. The number of hydrogen-bond acceptors (Lipinski definition) is 6. The van der Waals surface area contributed by atoms with E-state index in [1.54, 1.807) is 11.1 Å². The van der Waals surface area contributed by atoms with E-state index in [-0.39, 0.29) is 36.3 Å². The minimum Gasteiger partial charge on any atom is -0.483 e. The molecule has 9 nitrogen and oxygen atoms in total. The fourth-order valence-corrected chi connectivity index (χ4v) is 3.91. The van der Waals surface area contributed by atoms with E-state index in [1.165, 1.54) is 0 Å². The fraction of sp³-hybridized carbons (Fsp3) is 0.632. The Hall–Kier alpha value is -2.39. The van der Waals surface area contributed by atoms with Crippen molar-refractivity contribution < 1.29 is 23.8 Å². The highest BCUT2D eigenvalue weighted by Gasteiger charge is 2.49. The van der Waals surface area contributed by atoms with Gasteiger partial charge in [-0.3, -0.25) is 9.78 Å². The number of aryl methyl sites for hydroxylation is 1. The minimum atomic E-state index is -0.281. The number of carbonyl (C=O) groups excluding carboxylic acids is 2. The van der Waals surface area contributed by atoms with Gasteiger partial charge in [0.05, 0.1) is 24.9 Å². The van der Waals surface area contributed by atoms with Crippen LogP contribution < -0.4 is 15.4 Å². The molecule has 2 N–H and O–H groups in total. The van der Waals surface area contributed by atoms with Gasteiger partial charge in [0.25, 0.3) is 0 Å². The Balaban J connectivity index is 1.23. The van der Waals surface area contributed by atoms with Crippen LogP contribution in [0.25, 0.3) is 0 Å². The Morgan fingerprint density at radius 2 is 2.21 bits per heavy atom. The van der Waals surface area contributed by atoms with Gasteiger partial charge >= 0.3 is 6.03 Å². The zero-order valence-electron chi connectivity index (χ0n) is 15.9. The third-order valence-electron chi connectivity index (χ3n) is 5.40. The Kier molecular flexibility index (Phi) is 5.63. The first-order chi connectivity index (χ1) is 13.6. The molecule has 4 heterocycles. The number of pyridine rings is 1. The Bertz CT molecular complexity index is 730. The van der Waals surface area contributed by atoms with Crippen molar-refractivity contribution in [3.05, 3.63) is 24.0 Å². The van der Waals surface area contributed by atoms with Crippen LogP contribution in [-0.4, -0.2) is 79.0 Å². The molecule has 0 unspecified atom stereocenters. The normalized spacial score (nSPS) is 29.0. The molecule has 3 saturated heterocycles. The third kappa shape index (κ3) is 4.05. The van der Waals surface area contributed by atoms with E-state index in [2.05, 4.69) is 15.6 Å². The summed E-state index contributed by atoms with van der Waals surface area (Å²) in [4.78, 5) is 29.8. The number of amides is 3.